The molecule has 7 heteroatoms. The molecule has 1 fully saturated rings. The van der Waals surface area contributed by atoms with Gasteiger partial charge in [-0.1, -0.05) is 54.6 Å². The zero-order valence-corrected chi connectivity index (χ0v) is 20.1. The van der Waals surface area contributed by atoms with Gasteiger partial charge in [-0.3, -0.25) is 9.59 Å². The van der Waals surface area contributed by atoms with Crippen LogP contribution in [0.25, 0.3) is 21.8 Å². The van der Waals surface area contributed by atoms with Crippen LogP contribution in [0.2, 0.25) is 0 Å². The van der Waals surface area contributed by atoms with E-state index in [1.165, 1.54) is 0 Å². The summed E-state index contributed by atoms with van der Waals surface area (Å²) in [6.45, 7) is 0.795. The van der Waals surface area contributed by atoms with E-state index in [-0.39, 0.29) is 24.2 Å². The summed E-state index contributed by atoms with van der Waals surface area (Å²) in [6, 6.07) is 25.5. The molecule has 1 aromatic heterocycles. The molecule has 2 heterocycles. The van der Waals surface area contributed by atoms with Gasteiger partial charge >= 0.3 is 0 Å². The van der Waals surface area contributed by atoms with Crippen molar-refractivity contribution in [3.05, 3.63) is 89.8 Å². The number of rotatable bonds is 7. The van der Waals surface area contributed by atoms with Gasteiger partial charge in [-0.15, -0.1) is 11.3 Å². The summed E-state index contributed by atoms with van der Waals surface area (Å²) < 4.78 is 5.17. The van der Waals surface area contributed by atoms with Crippen molar-refractivity contribution < 1.29 is 14.3 Å². The molecule has 1 unspecified atom stereocenters. The van der Waals surface area contributed by atoms with Crippen LogP contribution in [0.1, 0.15) is 12.0 Å². The van der Waals surface area contributed by atoms with Gasteiger partial charge in [-0.2, -0.15) is 0 Å². The Morgan fingerprint density at radius 3 is 2.49 bits per heavy atom. The van der Waals surface area contributed by atoms with Crippen LogP contribution in [0, 0.1) is 5.92 Å². The summed E-state index contributed by atoms with van der Waals surface area (Å²) >= 11 is 1.61. The van der Waals surface area contributed by atoms with Crippen LogP contribution >= 0.6 is 11.3 Å². The number of amides is 2. The molecule has 4 aromatic rings. The first kappa shape index (κ1) is 22.8. The Labute approximate surface area is 208 Å². The second-order valence-electron chi connectivity index (χ2n) is 8.42. The highest BCUT2D eigenvalue weighted by atomic mass is 32.1. The minimum absolute atomic E-state index is 0.0435. The van der Waals surface area contributed by atoms with E-state index in [9.17, 15) is 9.59 Å². The molecule has 1 saturated heterocycles. The van der Waals surface area contributed by atoms with Crippen LogP contribution in [-0.2, 0) is 16.1 Å². The quantitative estimate of drug-likeness (QED) is 0.394. The van der Waals surface area contributed by atoms with E-state index in [1.54, 1.807) is 23.3 Å². The van der Waals surface area contributed by atoms with Crippen LogP contribution in [0.5, 0.6) is 5.75 Å². The van der Waals surface area contributed by atoms with E-state index in [1.807, 2.05) is 66.7 Å². The fraction of sp³-hybridized carbons (Fsp3) is 0.179. The zero-order valence-electron chi connectivity index (χ0n) is 19.3. The van der Waals surface area contributed by atoms with Crippen molar-refractivity contribution in [2.45, 2.75) is 13.0 Å². The molecule has 2 amide bonds. The Bertz CT molecular complexity index is 1320. The van der Waals surface area contributed by atoms with Crippen LogP contribution in [-0.4, -0.2) is 30.5 Å². The molecular formula is C28H25N3O3S. The predicted octanol–water partition coefficient (Wildman–Crippen LogP) is 5.16. The van der Waals surface area contributed by atoms with E-state index in [4.69, 9.17) is 9.72 Å². The third kappa shape index (κ3) is 5.10. The minimum Gasteiger partial charge on any atom is -0.497 e. The number of thiazole rings is 1. The second kappa shape index (κ2) is 10.1. The molecule has 35 heavy (non-hydrogen) atoms. The first-order valence-corrected chi connectivity index (χ1v) is 12.3. The lowest BCUT2D eigenvalue weighted by molar-refractivity contribution is -0.126. The average molecular weight is 484 g/mol. The summed E-state index contributed by atoms with van der Waals surface area (Å²) in [6.07, 6.45) is 0.213. The first-order valence-electron chi connectivity index (χ1n) is 11.4. The van der Waals surface area contributed by atoms with Crippen molar-refractivity contribution in [1.29, 1.82) is 0 Å². The summed E-state index contributed by atoms with van der Waals surface area (Å²) in [4.78, 5) is 31.7. The number of aromatic nitrogens is 1. The number of nitrogens with one attached hydrogen (secondary N) is 1. The van der Waals surface area contributed by atoms with Crippen LogP contribution in [0.4, 0.5) is 5.69 Å². The van der Waals surface area contributed by atoms with Crippen molar-refractivity contribution in [3.8, 4) is 27.6 Å². The highest BCUT2D eigenvalue weighted by molar-refractivity contribution is 7.13. The topological polar surface area (TPSA) is 71.5 Å². The largest absolute Gasteiger partial charge is 0.497 e. The van der Waals surface area contributed by atoms with Gasteiger partial charge in [-0.25, -0.2) is 4.98 Å². The van der Waals surface area contributed by atoms with E-state index in [0.717, 1.165) is 38.8 Å². The molecule has 3 aromatic carbocycles. The van der Waals surface area contributed by atoms with Gasteiger partial charge in [0.25, 0.3) is 0 Å². The van der Waals surface area contributed by atoms with E-state index in [0.29, 0.717) is 13.1 Å². The molecule has 0 radical (unpaired) electrons. The SMILES string of the molecule is COc1ccc(N2CC(C(=O)NCc3ccc(-c4nc(-c5ccccc5)cs4)cc3)CC2=O)cc1. The lowest BCUT2D eigenvalue weighted by Gasteiger charge is -2.17. The molecular weight excluding hydrogens is 458 g/mol. The van der Waals surface area contributed by atoms with Crippen molar-refractivity contribution in [2.75, 3.05) is 18.6 Å². The average Bonchev–Trinajstić information content (AvgIpc) is 3.56. The van der Waals surface area contributed by atoms with Gasteiger partial charge in [-0.05, 0) is 29.8 Å². The van der Waals surface area contributed by atoms with E-state index in [2.05, 4.69) is 22.8 Å². The number of ether oxygens (including phenoxy) is 1. The van der Waals surface area contributed by atoms with Crippen LogP contribution < -0.4 is 15.0 Å². The van der Waals surface area contributed by atoms with E-state index >= 15 is 0 Å². The zero-order chi connectivity index (χ0) is 24.2. The summed E-state index contributed by atoms with van der Waals surface area (Å²) in [5.74, 6) is 0.214. The molecule has 1 N–H and O–H groups in total. The van der Waals surface area contributed by atoms with Gasteiger partial charge in [0.2, 0.25) is 11.8 Å². The Morgan fingerprint density at radius 2 is 1.77 bits per heavy atom. The molecule has 0 aliphatic carbocycles. The maximum atomic E-state index is 12.7. The molecule has 176 valence electrons. The summed E-state index contributed by atoms with van der Waals surface area (Å²) in [5, 5.41) is 6.01. The number of nitrogens with zero attached hydrogens (tertiary/aromatic N) is 2. The molecule has 1 aliphatic rings. The van der Waals surface area contributed by atoms with Crippen molar-refractivity contribution in [3.63, 3.8) is 0 Å². The molecule has 6 nitrogen and oxygen atoms in total. The Balaban J connectivity index is 1.17. The normalized spacial score (nSPS) is 15.3. The number of carbonyl (C=O) groups is 2. The maximum Gasteiger partial charge on any atom is 0.227 e. The van der Waals surface area contributed by atoms with Gasteiger partial charge in [0.1, 0.15) is 10.8 Å². The highest BCUT2D eigenvalue weighted by Gasteiger charge is 2.35. The Kier molecular flexibility index (Phi) is 6.59. The number of hydrogen-bond donors (Lipinski definition) is 1. The van der Waals surface area contributed by atoms with Crippen LogP contribution in [0.3, 0.4) is 0 Å². The number of carbonyl (C=O) groups excluding carboxylic acids is 2. The first-order chi connectivity index (χ1) is 17.1. The molecule has 0 saturated carbocycles. The van der Waals surface area contributed by atoms with Crippen molar-refractivity contribution >= 4 is 28.8 Å². The third-order valence-electron chi connectivity index (χ3n) is 6.12. The number of hydrogen-bond acceptors (Lipinski definition) is 5. The molecule has 5 rings (SSSR count). The third-order valence-corrected chi connectivity index (χ3v) is 7.01. The molecule has 1 aliphatic heterocycles. The number of anilines is 1. The monoisotopic (exact) mass is 483 g/mol. The lowest BCUT2D eigenvalue weighted by Crippen LogP contribution is -2.32. The fourth-order valence-electron chi connectivity index (χ4n) is 4.14. The predicted molar refractivity (Wildman–Crippen MR) is 138 cm³/mol. The Morgan fingerprint density at radius 1 is 1.03 bits per heavy atom. The number of benzene rings is 3. The highest BCUT2D eigenvalue weighted by Crippen LogP contribution is 2.29. The van der Waals surface area contributed by atoms with Gasteiger partial charge in [0, 0.05) is 41.7 Å². The maximum absolute atomic E-state index is 12.7. The van der Waals surface area contributed by atoms with Crippen LogP contribution in [0.15, 0.2) is 84.2 Å². The molecule has 0 spiro atoms. The number of methoxy groups -OCH3 is 1. The second-order valence-corrected chi connectivity index (χ2v) is 9.28. The Hall–Kier alpha value is -3.97. The lowest BCUT2D eigenvalue weighted by atomic mass is 10.1. The summed E-state index contributed by atoms with van der Waals surface area (Å²) in [7, 11) is 1.60. The summed E-state index contributed by atoms with van der Waals surface area (Å²) in [5.41, 5.74) is 4.89. The molecule has 0 bridgehead atoms. The standard InChI is InChI=1S/C28H25N3O3S/c1-34-24-13-11-23(12-14-24)31-17-22(15-26(31)32)27(33)29-16-19-7-9-21(10-8-19)28-30-25(18-35-28)20-5-3-2-4-6-20/h2-14,18,22H,15-17H2,1H3,(H,29,33). The minimum atomic E-state index is -0.365. The smallest absolute Gasteiger partial charge is 0.227 e. The van der Waals surface area contributed by atoms with Crippen molar-refractivity contribution in [2.24, 2.45) is 5.92 Å². The fourth-order valence-corrected chi connectivity index (χ4v) is 4.98. The van der Waals surface area contributed by atoms with E-state index < -0.39 is 0 Å². The van der Waals surface area contributed by atoms with Crippen molar-refractivity contribution in [1.82, 2.24) is 10.3 Å². The van der Waals surface area contributed by atoms with Gasteiger partial charge < -0.3 is 15.0 Å². The molecule has 1 atom stereocenters. The van der Waals surface area contributed by atoms with Gasteiger partial charge in [0.15, 0.2) is 0 Å². The van der Waals surface area contributed by atoms with Gasteiger partial charge in [0.05, 0.1) is 18.7 Å².